The minimum Gasteiger partial charge on any atom is -0.434 e. The highest BCUT2D eigenvalue weighted by atomic mass is 35.5. The van der Waals surface area contributed by atoms with Crippen molar-refractivity contribution in [2.75, 3.05) is 42.5 Å². The Hall–Kier alpha value is -4.03. The van der Waals surface area contributed by atoms with E-state index >= 15 is 0 Å². The van der Waals surface area contributed by atoms with Crippen LogP contribution >= 0.6 is 11.6 Å². The summed E-state index contributed by atoms with van der Waals surface area (Å²) in [4.78, 5) is 31.9. The maximum atomic E-state index is 14.6. The number of ether oxygens (including phenoxy) is 1. The molecule has 2 aliphatic heterocycles. The van der Waals surface area contributed by atoms with E-state index in [-0.39, 0.29) is 28.6 Å². The summed E-state index contributed by atoms with van der Waals surface area (Å²) < 4.78 is 20.7. The first-order chi connectivity index (χ1) is 18.7. The largest absolute Gasteiger partial charge is 0.434 e. The molecular formula is C26H26ClFN8O3. The van der Waals surface area contributed by atoms with Crippen molar-refractivity contribution in [2.24, 2.45) is 0 Å². The summed E-state index contributed by atoms with van der Waals surface area (Å²) in [6, 6.07) is 2.81. The molecule has 0 unspecified atom stereocenters. The number of aliphatic hydroxyl groups is 1. The number of aromatic amines is 1. The third-order valence-corrected chi connectivity index (χ3v) is 7.87. The third-order valence-electron chi connectivity index (χ3n) is 7.52. The molecule has 2 aliphatic rings. The summed E-state index contributed by atoms with van der Waals surface area (Å²) in [6.45, 7) is 9.70. The van der Waals surface area contributed by atoms with Crippen molar-refractivity contribution in [1.29, 1.82) is 0 Å². The number of nitrogens with zero attached hydrogens (tertiary/aromatic N) is 7. The number of H-pyrrole nitrogens is 1. The highest BCUT2D eigenvalue weighted by Gasteiger charge is 2.46. The van der Waals surface area contributed by atoms with Gasteiger partial charge in [0.2, 0.25) is 17.7 Å². The molecule has 1 aromatic carbocycles. The molecule has 0 aliphatic carbocycles. The Morgan fingerprint density at radius 1 is 1.31 bits per heavy atom. The lowest BCUT2D eigenvalue weighted by molar-refractivity contribution is -0.126. The standard InChI is InChI=1S/C26H26ClFN8O3/c1-4-19(37)34-7-9-35(10-8-34)23-15-5-6-29-24(21(15)31-25(32-23)36-13-26(3,38)14(36)2)39-22-16-12-30-33-18(16)11-17(28)20(22)27/h4-6,11-12,14,38H,1,7-10,13H2,2-3H3,(H,30,33)/t14-,26+/m0/s1. The smallest absolute Gasteiger partial charge is 0.246 e. The quantitative estimate of drug-likeness (QED) is 0.359. The summed E-state index contributed by atoms with van der Waals surface area (Å²) in [5.41, 5.74) is -0.0599. The second kappa shape index (κ2) is 9.31. The number of pyridine rings is 1. The van der Waals surface area contributed by atoms with Gasteiger partial charge in [0, 0.05) is 38.4 Å². The Labute approximate surface area is 227 Å². The molecule has 5 heterocycles. The fraction of sp³-hybridized carbons (Fsp3) is 0.346. The average molecular weight is 553 g/mol. The number of carbonyl (C=O) groups excluding carboxylic acids is 1. The minimum absolute atomic E-state index is 0.0685. The van der Waals surface area contributed by atoms with E-state index in [1.54, 1.807) is 24.1 Å². The number of carbonyl (C=O) groups is 1. The first-order valence-electron chi connectivity index (χ1n) is 12.5. The summed E-state index contributed by atoms with van der Waals surface area (Å²) >= 11 is 6.31. The number of hydrogen-bond donors (Lipinski definition) is 2. The Bertz CT molecular complexity index is 1620. The molecule has 2 fully saturated rings. The molecular weight excluding hydrogens is 527 g/mol. The predicted molar refractivity (Wildman–Crippen MR) is 145 cm³/mol. The molecule has 6 rings (SSSR count). The van der Waals surface area contributed by atoms with Gasteiger partial charge in [-0.1, -0.05) is 18.2 Å². The van der Waals surface area contributed by atoms with Gasteiger partial charge in [0.1, 0.15) is 22.2 Å². The van der Waals surface area contributed by atoms with Crippen LogP contribution in [0.1, 0.15) is 13.8 Å². The van der Waals surface area contributed by atoms with Gasteiger partial charge in [-0.25, -0.2) is 14.4 Å². The summed E-state index contributed by atoms with van der Waals surface area (Å²) in [7, 11) is 0. The third kappa shape index (κ3) is 4.20. The molecule has 2 saturated heterocycles. The lowest BCUT2D eigenvalue weighted by Gasteiger charge is -2.51. The molecule has 13 heteroatoms. The van der Waals surface area contributed by atoms with Crippen LogP contribution in [0.15, 0.2) is 37.2 Å². The number of amides is 1. The molecule has 39 heavy (non-hydrogen) atoms. The number of fused-ring (bicyclic) bond motifs is 2. The monoisotopic (exact) mass is 552 g/mol. The molecule has 0 radical (unpaired) electrons. The number of halogens is 2. The van der Waals surface area contributed by atoms with Crippen LogP contribution in [0.5, 0.6) is 11.6 Å². The second-order valence-corrected chi connectivity index (χ2v) is 10.3. The van der Waals surface area contributed by atoms with Crippen molar-refractivity contribution in [1.82, 2.24) is 30.0 Å². The van der Waals surface area contributed by atoms with Crippen LogP contribution in [0.3, 0.4) is 0 Å². The van der Waals surface area contributed by atoms with E-state index < -0.39 is 11.4 Å². The SMILES string of the molecule is C=CC(=O)N1CCN(c2nc(N3C[C@@](C)(O)[C@@H]3C)nc3c(Oc4c(Cl)c(F)cc5[nH]ncc45)nccc23)CC1. The number of rotatable bonds is 5. The first kappa shape index (κ1) is 25.3. The van der Waals surface area contributed by atoms with E-state index in [4.69, 9.17) is 26.3 Å². The fourth-order valence-corrected chi connectivity index (χ4v) is 5.19. The van der Waals surface area contributed by atoms with Crippen molar-refractivity contribution < 1.29 is 19.0 Å². The molecule has 11 nitrogen and oxygen atoms in total. The van der Waals surface area contributed by atoms with Gasteiger partial charge in [0.05, 0.1) is 40.7 Å². The zero-order valence-electron chi connectivity index (χ0n) is 21.4. The molecule has 0 spiro atoms. The van der Waals surface area contributed by atoms with Gasteiger partial charge in [0.25, 0.3) is 0 Å². The number of anilines is 2. The maximum Gasteiger partial charge on any atom is 0.246 e. The van der Waals surface area contributed by atoms with E-state index in [2.05, 4.69) is 26.7 Å². The number of aromatic nitrogens is 5. The van der Waals surface area contributed by atoms with Crippen LogP contribution < -0.4 is 14.5 Å². The molecule has 202 valence electrons. The van der Waals surface area contributed by atoms with Crippen LogP contribution in [0.25, 0.3) is 21.8 Å². The Morgan fingerprint density at radius 2 is 2.08 bits per heavy atom. The van der Waals surface area contributed by atoms with Crippen LogP contribution in [0, 0.1) is 5.82 Å². The average Bonchev–Trinajstić information content (AvgIpc) is 3.41. The summed E-state index contributed by atoms with van der Waals surface area (Å²) in [5, 5.41) is 18.2. The number of hydrogen-bond acceptors (Lipinski definition) is 9. The zero-order valence-corrected chi connectivity index (χ0v) is 22.1. The lowest BCUT2D eigenvalue weighted by Crippen LogP contribution is -2.67. The normalized spacial score (nSPS) is 21.4. The Balaban J connectivity index is 1.46. The molecule has 0 saturated carbocycles. The fourth-order valence-electron chi connectivity index (χ4n) is 5.00. The number of nitrogens with one attached hydrogen (secondary N) is 1. The zero-order chi connectivity index (χ0) is 27.5. The van der Waals surface area contributed by atoms with Gasteiger partial charge in [-0.05, 0) is 26.0 Å². The number of β-amino-alcohol motifs (C(OH)–C–C–N with tert-alkyl or cyclic N) is 1. The maximum absolute atomic E-state index is 14.6. The van der Waals surface area contributed by atoms with Crippen LogP contribution in [0.4, 0.5) is 16.2 Å². The van der Waals surface area contributed by atoms with E-state index in [1.165, 1.54) is 18.3 Å². The van der Waals surface area contributed by atoms with Gasteiger partial charge < -0.3 is 24.5 Å². The summed E-state index contributed by atoms with van der Waals surface area (Å²) in [6.07, 6.45) is 4.38. The summed E-state index contributed by atoms with van der Waals surface area (Å²) in [5.74, 6) is 0.454. The van der Waals surface area contributed by atoms with Gasteiger partial charge in [-0.15, -0.1) is 0 Å². The number of piperazine rings is 1. The topological polar surface area (TPSA) is 124 Å². The second-order valence-electron chi connectivity index (χ2n) is 9.97. The lowest BCUT2D eigenvalue weighted by atomic mass is 9.87. The molecule has 2 atom stereocenters. The van der Waals surface area contributed by atoms with E-state index in [0.29, 0.717) is 66.3 Å². The first-order valence-corrected chi connectivity index (χ1v) is 12.9. The van der Waals surface area contributed by atoms with Gasteiger partial charge in [-0.3, -0.25) is 9.89 Å². The van der Waals surface area contributed by atoms with E-state index in [9.17, 15) is 14.3 Å². The highest BCUT2D eigenvalue weighted by molar-refractivity contribution is 6.33. The molecule has 3 aromatic heterocycles. The van der Waals surface area contributed by atoms with Crippen molar-refractivity contribution >= 4 is 51.1 Å². The minimum atomic E-state index is -0.884. The molecule has 4 aromatic rings. The van der Waals surface area contributed by atoms with E-state index in [1.807, 2.05) is 11.8 Å². The van der Waals surface area contributed by atoms with Gasteiger partial charge in [-0.2, -0.15) is 10.1 Å². The number of benzene rings is 1. The van der Waals surface area contributed by atoms with Crippen LogP contribution in [0.2, 0.25) is 5.02 Å². The Kier molecular flexibility index (Phi) is 6.03. The van der Waals surface area contributed by atoms with Crippen LogP contribution in [-0.2, 0) is 4.79 Å². The molecule has 0 bridgehead atoms. The van der Waals surface area contributed by atoms with Gasteiger partial charge >= 0.3 is 0 Å². The van der Waals surface area contributed by atoms with Crippen LogP contribution in [-0.4, -0.2) is 85.4 Å². The van der Waals surface area contributed by atoms with Crippen molar-refractivity contribution in [3.63, 3.8) is 0 Å². The predicted octanol–water partition coefficient (Wildman–Crippen LogP) is 3.28. The van der Waals surface area contributed by atoms with E-state index in [0.717, 1.165) is 0 Å². The Morgan fingerprint density at radius 3 is 2.77 bits per heavy atom. The molecule has 2 N–H and O–H groups in total. The highest BCUT2D eigenvalue weighted by Crippen LogP contribution is 2.41. The van der Waals surface area contributed by atoms with Gasteiger partial charge in [0.15, 0.2) is 5.75 Å². The van der Waals surface area contributed by atoms with Crippen molar-refractivity contribution in [3.05, 3.63) is 48.0 Å². The van der Waals surface area contributed by atoms with Crippen molar-refractivity contribution in [2.45, 2.75) is 25.5 Å². The van der Waals surface area contributed by atoms with Crippen molar-refractivity contribution in [3.8, 4) is 11.6 Å². The molecule has 1 amide bonds.